The number of thiophene rings is 1. The number of carbonyl (C=O) groups excluding carboxylic acids is 1. The molecule has 1 aromatic heterocycles. The minimum atomic E-state index is -0.286. The first-order valence-corrected chi connectivity index (χ1v) is 11.8. The van der Waals surface area contributed by atoms with Crippen molar-refractivity contribution < 1.29 is 9.53 Å². The highest BCUT2D eigenvalue weighted by molar-refractivity contribution is 7.11. The van der Waals surface area contributed by atoms with Gasteiger partial charge in [-0.3, -0.25) is 4.79 Å². The Kier molecular flexibility index (Phi) is 7.91. The van der Waals surface area contributed by atoms with E-state index in [0.29, 0.717) is 13.2 Å². The number of hydrogen-bond donors (Lipinski definition) is 0. The fourth-order valence-corrected chi connectivity index (χ4v) is 5.02. The lowest BCUT2D eigenvalue weighted by atomic mass is 9.85. The fourth-order valence-electron chi connectivity index (χ4n) is 3.92. The van der Waals surface area contributed by atoms with Gasteiger partial charge in [0.2, 0.25) is 5.91 Å². The van der Waals surface area contributed by atoms with Crippen LogP contribution in [0.3, 0.4) is 0 Å². The molecule has 1 aromatic carbocycles. The highest BCUT2D eigenvalue weighted by Crippen LogP contribution is 2.28. The monoisotopic (exact) mass is 413 g/mol. The topological polar surface area (TPSA) is 29.5 Å². The van der Waals surface area contributed by atoms with Crippen LogP contribution in [0, 0.1) is 12.3 Å². The van der Waals surface area contributed by atoms with Gasteiger partial charge in [0.05, 0.1) is 13.2 Å². The van der Waals surface area contributed by atoms with Gasteiger partial charge in [-0.1, -0.05) is 43.7 Å². The average molecular weight is 414 g/mol. The summed E-state index contributed by atoms with van der Waals surface area (Å²) in [7, 11) is 0. The van der Waals surface area contributed by atoms with Crippen LogP contribution >= 0.6 is 11.3 Å². The second kappa shape index (κ2) is 10.4. The standard InChI is InChI=1S/C25H35NO2S/c1-20-9-11-21(12-10-20)6-4-7-22-13-14-23(29-22)8-5-15-25(2,3)24(27)26-16-18-28-19-17-26/h9-14H,4-8,15-19H2,1-3H3. The van der Waals surface area contributed by atoms with E-state index in [1.54, 1.807) is 0 Å². The Morgan fingerprint density at radius 2 is 1.59 bits per heavy atom. The van der Waals surface area contributed by atoms with E-state index in [4.69, 9.17) is 4.74 Å². The number of amides is 1. The van der Waals surface area contributed by atoms with Gasteiger partial charge in [-0.05, 0) is 63.1 Å². The van der Waals surface area contributed by atoms with Crippen molar-refractivity contribution in [3.8, 4) is 0 Å². The number of ether oxygens (including phenoxy) is 1. The van der Waals surface area contributed by atoms with E-state index in [9.17, 15) is 4.79 Å². The zero-order valence-electron chi connectivity index (χ0n) is 18.2. The van der Waals surface area contributed by atoms with E-state index >= 15 is 0 Å². The van der Waals surface area contributed by atoms with Crippen LogP contribution in [0.2, 0.25) is 0 Å². The Morgan fingerprint density at radius 1 is 0.966 bits per heavy atom. The van der Waals surface area contributed by atoms with Crippen LogP contribution in [0.25, 0.3) is 0 Å². The maximum Gasteiger partial charge on any atom is 0.228 e. The lowest BCUT2D eigenvalue weighted by Gasteiger charge is -2.34. The second-order valence-electron chi connectivity index (χ2n) is 8.85. The summed E-state index contributed by atoms with van der Waals surface area (Å²) in [4.78, 5) is 17.7. The molecule has 0 N–H and O–H groups in total. The largest absolute Gasteiger partial charge is 0.378 e. The Hall–Kier alpha value is -1.65. The summed E-state index contributed by atoms with van der Waals surface area (Å²) >= 11 is 1.95. The van der Waals surface area contributed by atoms with Crippen molar-refractivity contribution in [1.82, 2.24) is 4.90 Å². The normalized spacial score (nSPS) is 14.9. The number of hydrogen-bond acceptors (Lipinski definition) is 3. The van der Waals surface area contributed by atoms with E-state index in [1.807, 2.05) is 16.2 Å². The predicted molar refractivity (Wildman–Crippen MR) is 122 cm³/mol. The maximum atomic E-state index is 12.8. The third-order valence-corrected chi connectivity index (χ3v) is 7.03. The first-order valence-electron chi connectivity index (χ1n) is 10.9. The summed E-state index contributed by atoms with van der Waals surface area (Å²) < 4.78 is 5.37. The van der Waals surface area contributed by atoms with E-state index in [2.05, 4.69) is 57.2 Å². The minimum Gasteiger partial charge on any atom is -0.378 e. The molecule has 1 saturated heterocycles. The van der Waals surface area contributed by atoms with Crippen molar-refractivity contribution in [2.24, 2.45) is 5.41 Å². The number of morpholine rings is 1. The number of aryl methyl sites for hydroxylation is 4. The summed E-state index contributed by atoms with van der Waals surface area (Å²) in [6, 6.07) is 13.5. The average Bonchev–Trinajstić information content (AvgIpc) is 3.17. The molecule has 3 rings (SSSR count). The molecule has 0 bridgehead atoms. The molecule has 2 aromatic rings. The lowest BCUT2D eigenvalue weighted by Crippen LogP contribution is -2.46. The van der Waals surface area contributed by atoms with Crippen molar-refractivity contribution in [3.63, 3.8) is 0 Å². The molecule has 158 valence electrons. The first kappa shape index (κ1) is 22.0. The fraction of sp³-hybridized carbons (Fsp3) is 0.560. The number of rotatable bonds is 9. The third-order valence-electron chi connectivity index (χ3n) is 5.83. The van der Waals surface area contributed by atoms with Gasteiger partial charge in [0.15, 0.2) is 0 Å². The second-order valence-corrected chi connectivity index (χ2v) is 10.1. The number of benzene rings is 1. The number of carbonyl (C=O) groups is 1. The van der Waals surface area contributed by atoms with Crippen molar-refractivity contribution in [2.75, 3.05) is 26.3 Å². The van der Waals surface area contributed by atoms with Gasteiger partial charge in [-0.2, -0.15) is 0 Å². The van der Waals surface area contributed by atoms with Crippen molar-refractivity contribution in [1.29, 1.82) is 0 Å². The van der Waals surface area contributed by atoms with E-state index in [-0.39, 0.29) is 11.3 Å². The first-order chi connectivity index (χ1) is 13.9. The summed E-state index contributed by atoms with van der Waals surface area (Å²) in [5.74, 6) is 0.281. The van der Waals surface area contributed by atoms with E-state index in [1.165, 1.54) is 27.3 Å². The van der Waals surface area contributed by atoms with Crippen LogP contribution in [0.4, 0.5) is 0 Å². The van der Waals surface area contributed by atoms with Crippen molar-refractivity contribution in [3.05, 3.63) is 57.3 Å². The molecule has 2 heterocycles. The molecule has 4 heteroatoms. The SMILES string of the molecule is Cc1ccc(CCCc2ccc(CCCC(C)(C)C(=O)N3CCOCC3)s2)cc1. The highest BCUT2D eigenvalue weighted by Gasteiger charge is 2.32. The van der Waals surface area contributed by atoms with Gasteiger partial charge in [-0.15, -0.1) is 11.3 Å². The number of nitrogens with zero attached hydrogens (tertiary/aromatic N) is 1. The molecule has 1 aliphatic rings. The molecule has 1 aliphatic heterocycles. The van der Waals surface area contributed by atoms with Gasteiger partial charge in [-0.25, -0.2) is 0 Å². The molecule has 0 spiro atoms. The minimum absolute atomic E-state index is 0.281. The summed E-state index contributed by atoms with van der Waals surface area (Å²) in [6.07, 6.45) is 6.56. The van der Waals surface area contributed by atoms with Crippen LogP contribution in [-0.4, -0.2) is 37.1 Å². The zero-order valence-corrected chi connectivity index (χ0v) is 19.0. The Morgan fingerprint density at radius 3 is 2.24 bits per heavy atom. The van der Waals surface area contributed by atoms with Crippen molar-refractivity contribution >= 4 is 17.2 Å². The summed E-state index contributed by atoms with van der Waals surface area (Å²) in [5, 5.41) is 0. The molecule has 0 saturated carbocycles. The van der Waals surface area contributed by atoms with Gasteiger partial charge in [0.1, 0.15) is 0 Å². The lowest BCUT2D eigenvalue weighted by molar-refractivity contribution is -0.144. The van der Waals surface area contributed by atoms with E-state index in [0.717, 1.165) is 45.2 Å². The molecule has 29 heavy (non-hydrogen) atoms. The molecule has 1 amide bonds. The van der Waals surface area contributed by atoms with Gasteiger partial charge in [0.25, 0.3) is 0 Å². The Balaban J connectivity index is 1.39. The van der Waals surface area contributed by atoms with Gasteiger partial charge in [0, 0.05) is 28.3 Å². The highest BCUT2D eigenvalue weighted by atomic mass is 32.1. The van der Waals surface area contributed by atoms with Gasteiger partial charge >= 0.3 is 0 Å². The zero-order chi connectivity index (χ0) is 20.7. The van der Waals surface area contributed by atoms with Crippen LogP contribution < -0.4 is 0 Å². The van der Waals surface area contributed by atoms with E-state index < -0.39 is 0 Å². The Labute approximate surface area is 180 Å². The molecule has 0 radical (unpaired) electrons. The third kappa shape index (κ3) is 6.68. The van der Waals surface area contributed by atoms with Gasteiger partial charge < -0.3 is 9.64 Å². The van der Waals surface area contributed by atoms with Crippen LogP contribution in [0.5, 0.6) is 0 Å². The molecule has 0 atom stereocenters. The molecule has 1 fully saturated rings. The molecular formula is C25H35NO2S. The summed E-state index contributed by atoms with van der Waals surface area (Å²) in [6.45, 7) is 9.13. The maximum absolute atomic E-state index is 12.8. The Bertz CT molecular complexity index is 772. The molecule has 0 aliphatic carbocycles. The predicted octanol–water partition coefficient (Wildman–Crippen LogP) is 5.44. The summed E-state index contributed by atoms with van der Waals surface area (Å²) in [5.41, 5.74) is 2.47. The van der Waals surface area contributed by atoms with Crippen LogP contribution in [0.1, 0.15) is 54.0 Å². The molecular weight excluding hydrogens is 378 g/mol. The smallest absolute Gasteiger partial charge is 0.228 e. The quantitative estimate of drug-likeness (QED) is 0.548. The van der Waals surface area contributed by atoms with Crippen molar-refractivity contribution in [2.45, 2.75) is 59.3 Å². The molecule has 0 unspecified atom stereocenters. The van der Waals surface area contributed by atoms with Crippen LogP contribution in [0.15, 0.2) is 36.4 Å². The van der Waals surface area contributed by atoms with Crippen LogP contribution in [-0.2, 0) is 28.8 Å². The molecule has 3 nitrogen and oxygen atoms in total.